The fourth-order valence-corrected chi connectivity index (χ4v) is 2.96. The van der Waals surface area contributed by atoms with Crippen LogP contribution < -0.4 is 10.1 Å². The molecule has 1 amide bonds. The first-order chi connectivity index (χ1) is 11.4. The van der Waals surface area contributed by atoms with E-state index < -0.39 is 15.9 Å². The lowest BCUT2D eigenvalue weighted by molar-refractivity contribution is -0.121. The Morgan fingerprint density at radius 3 is 2.33 bits per heavy atom. The van der Waals surface area contributed by atoms with Crippen LogP contribution in [0.15, 0.2) is 54.6 Å². The number of carbonyl (C=O) groups is 1. The van der Waals surface area contributed by atoms with Gasteiger partial charge in [0.15, 0.2) is 0 Å². The molecule has 0 aliphatic rings. The molecular formula is C18H21NO4S. The Morgan fingerprint density at radius 1 is 1.08 bits per heavy atom. The average molecular weight is 347 g/mol. The number of rotatable bonds is 7. The normalized spacial score (nSPS) is 12.4. The Kier molecular flexibility index (Phi) is 5.98. The highest BCUT2D eigenvalue weighted by Gasteiger charge is 2.20. The monoisotopic (exact) mass is 347 g/mol. The molecule has 0 bridgehead atoms. The van der Waals surface area contributed by atoms with Crippen molar-refractivity contribution in [3.8, 4) is 5.75 Å². The molecule has 0 aromatic heterocycles. The quantitative estimate of drug-likeness (QED) is 0.834. The summed E-state index contributed by atoms with van der Waals surface area (Å²) in [6.07, 6.45) is 1.05. The van der Waals surface area contributed by atoms with Gasteiger partial charge >= 0.3 is 0 Å². The number of methoxy groups -OCH3 is 1. The highest BCUT2D eigenvalue weighted by molar-refractivity contribution is 7.90. The number of hydrogen-bond donors (Lipinski definition) is 1. The van der Waals surface area contributed by atoms with Gasteiger partial charge in [-0.25, -0.2) is 8.42 Å². The molecule has 24 heavy (non-hydrogen) atoms. The van der Waals surface area contributed by atoms with Crippen molar-refractivity contribution < 1.29 is 17.9 Å². The zero-order chi connectivity index (χ0) is 17.6. The molecule has 0 saturated heterocycles. The molecule has 0 saturated carbocycles. The number of ether oxygens (including phenoxy) is 1. The summed E-state index contributed by atoms with van der Waals surface area (Å²) in [6.45, 7) is 0. The fourth-order valence-electron chi connectivity index (χ4n) is 2.40. The summed E-state index contributed by atoms with van der Waals surface area (Å²) in [5.41, 5.74) is 1.72. The van der Waals surface area contributed by atoms with E-state index in [-0.39, 0.29) is 18.1 Å². The van der Waals surface area contributed by atoms with Crippen LogP contribution in [-0.2, 0) is 14.6 Å². The first-order valence-corrected chi connectivity index (χ1v) is 9.61. The molecule has 0 aliphatic carbocycles. The van der Waals surface area contributed by atoms with E-state index in [1.54, 1.807) is 7.11 Å². The van der Waals surface area contributed by atoms with Crippen molar-refractivity contribution in [1.29, 1.82) is 0 Å². The molecule has 128 valence electrons. The Balaban J connectivity index is 2.29. The van der Waals surface area contributed by atoms with Crippen molar-refractivity contribution in [3.05, 3.63) is 65.7 Å². The molecule has 2 aromatic rings. The van der Waals surface area contributed by atoms with Gasteiger partial charge in [-0.05, 0) is 11.6 Å². The van der Waals surface area contributed by atoms with E-state index in [4.69, 9.17) is 4.74 Å². The van der Waals surface area contributed by atoms with Crippen LogP contribution in [0.25, 0.3) is 0 Å². The molecule has 2 rings (SSSR count). The second kappa shape index (κ2) is 7.97. The van der Waals surface area contributed by atoms with Crippen LogP contribution in [-0.4, -0.2) is 33.4 Å². The number of para-hydroxylation sites is 1. The van der Waals surface area contributed by atoms with Crippen LogP contribution in [0.3, 0.4) is 0 Å². The third kappa shape index (κ3) is 5.09. The van der Waals surface area contributed by atoms with Gasteiger partial charge in [-0.3, -0.25) is 4.79 Å². The number of carbonyl (C=O) groups excluding carboxylic acids is 1. The number of sulfone groups is 1. The number of benzene rings is 2. The van der Waals surface area contributed by atoms with E-state index in [0.717, 1.165) is 17.4 Å². The molecule has 1 atom stereocenters. The zero-order valence-electron chi connectivity index (χ0n) is 13.7. The Hall–Kier alpha value is -2.34. The number of hydrogen-bond acceptors (Lipinski definition) is 4. The number of nitrogens with one attached hydrogen (secondary N) is 1. The molecule has 0 spiro atoms. The second-order valence-electron chi connectivity index (χ2n) is 5.53. The molecule has 1 N–H and O–H groups in total. The van der Waals surface area contributed by atoms with Crippen molar-refractivity contribution in [2.24, 2.45) is 0 Å². The number of amides is 1. The minimum atomic E-state index is -3.18. The first kappa shape index (κ1) is 18.0. The lowest BCUT2D eigenvalue weighted by atomic mass is 9.97. The van der Waals surface area contributed by atoms with Gasteiger partial charge in [-0.2, -0.15) is 0 Å². The van der Waals surface area contributed by atoms with Crippen LogP contribution in [0.5, 0.6) is 5.75 Å². The second-order valence-corrected chi connectivity index (χ2v) is 7.79. The van der Waals surface area contributed by atoms with Gasteiger partial charge < -0.3 is 10.1 Å². The molecule has 0 fully saturated rings. The Morgan fingerprint density at radius 2 is 1.71 bits per heavy atom. The maximum atomic E-state index is 12.2. The van der Waals surface area contributed by atoms with Crippen molar-refractivity contribution in [2.75, 3.05) is 19.1 Å². The van der Waals surface area contributed by atoms with Gasteiger partial charge in [0.2, 0.25) is 5.91 Å². The van der Waals surface area contributed by atoms with Crippen LogP contribution >= 0.6 is 0 Å². The maximum absolute atomic E-state index is 12.2. The topological polar surface area (TPSA) is 72.5 Å². The fraction of sp³-hybridized carbons (Fsp3) is 0.278. The maximum Gasteiger partial charge on any atom is 0.221 e. The lowest BCUT2D eigenvalue weighted by Crippen LogP contribution is -2.30. The molecule has 0 heterocycles. The van der Waals surface area contributed by atoms with Gasteiger partial charge in [0.1, 0.15) is 15.6 Å². The van der Waals surface area contributed by atoms with E-state index in [1.807, 2.05) is 54.6 Å². The third-order valence-electron chi connectivity index (χ3n) is 3.59. The molecule has 2 aromatic carbocycles. The van der Waals surface area contributed by atoms with E-state index in [0.29, 0.717) is 5.75 Å². The summed E-state index contributed by atoms with van der Waals surface area (Å²) in [7, 11) is -1.61. The third-order valence-corrected chi connectivity index (χ3v) is 4.53. The highest BCUT2D eigenvalue weighted by Crippen LogP contribution is 2.29. The predicted molar refractivity (Wildman–Crippen MR) is 93.7 cm³/mol. The van der Waals surface area contributed by atoms with Gasteiger partial charge in [0.25, 0.3) is 0 Å². The van der Waals surface area contributed by atoms with E-state index in [2.05, 4.69) is 5.32 Å². The van der Waals surface area contributed by atoms with Crippen LogP contribution in [0.1, 0.15) is 23.6 Å². The standard InChI is InChI=1S/C18H21NO4S/c1-23-16-11-7-6-10-15(16)18(14-8-4-3-5-9-14)19-17(20)12-13-24(2,21)22/h3-11,18H,12-13H2,1-2H3,(H,19,20). The van der Waals surface area contributed by atoms with Crippen LogP contribution in [0, 0.1) is 0 Å². The van der Waals surface area contributed by atoms with Crippen LogP contribution in [0.4, 0.5) is 0 Å². The van der Waals surface area contributed by atoms with Gasteiger partial charge in [0, 0.05) is 18.2 Å². The summed E-state index contributed by atoms with van der Waals surface area (Å²) in [6, 6.07) is 16.5. The van der Waals surface area contributed by atoms with Crippen molar-refractivity contribution in [3.63, 3.8) is 0 Å². The molecule has 0 aliphatic heterocycles. The predicted octanol–water partition coefficient (Wildman–Crippen LogP) is 2.34. The molecular weight excluding hydrogens is 326 g/mol. The molecule has 5 nitrogen and oxygen atoms in total. The summed E-state index contributed by atoms with van der Waals surface area (Å²) in [4.78, 5) is 12.2. The largest absolute Gasteiger partial charge is 0.496 e. The van der Waals surface area contributed by atoms with Gasteiger partial charge in [0.05, 0.1) is 18.9 Å². The molecule has 1 unspecified atom stereocenters. The van der Waals surface area contributed by atoms with E-state index >= 15 is 0 Å². The average Bonchev–Trinajstić information content (AvgIpc) is 2.58. The van der Waals surface area contributed by atoms with Crippen molar-refractivity contribution >= 4 is 15.7 Å². The summed E-state index contributed by atoms with van der Waals surface area (Å²) < 4.78 is 27.9. The Labute approximate surface area is 142 Å². The highest BCUT2D eigenvalue weighted by atomic mass is 32.2. The molecule has 0 radical (unpaired) electrons. The molecule has 6 heteroatoms. The van der Waals surface area contributed by atoms with Crippen molar-refractivity contribution in [1.82, 2.24) is 5.32 Å². The van der Waals surface area contributed by atoms with Crippen LogP contribution in [0.2, 0.25) is 0 Å². The first-order valence-electron chi connectivity index (χ1n) is 7.55. The van der Waals surface area contributed by atoms with Crippen molar-refractivity contribution in [2.45, 2.75) is 12.5 Å². The smallest absolute Gasteiger partial charge is 0.221 e. The minimum absolute atomic E-state index is 0.0721. The Bertz CT molecular complexity index is 788. The lowest BCUT2D eigenvalue weighted by Gasteiger charge is -2.22. The zero-order valence-corrected chi connectivity index (χ0v) is 14.5. The van der Waals surface area contributed by atoms with Gasteiger partial charge in [-0.1, -0.05) is 48.5 Å². The van der Waals surface area contributed by atoms with Gasteiger partial charge in [-0.15, -0.1) is 0 Å². The summed E-state index contributed by atoms with van der Waals surface area (Å²) in [5.74, 6) is 0.168. The minimum Gasteiger partial charge on any atom is -0.496 e. The summed E-state index contributed by atoms with van der Waals surface area (Å²) >= 11 is 0. The SMILES string of the molecule is COc1ccccc1C(NC(=O)CCS(C)(=O)=O)c1ccccc1. The van der Waals surface area contributed by atoms with E-state index in [9.17, 15) is 13.2 Å². The van der Waals surface area contributed by atoms with E-state index in [1.165, 1.54) is 0 Å². The summed E-state index contributed by atoms with van der Waals surface area (Å²) in [5, 5.41) is 2.91.